The zero-order valence-electron chi connectivity index (χ0n) is 10.9. The van der Waals surface area contributed by atoms with Gasteiger partial charge in [0.05, 0.1) is 12.2 Å². The Morgan fingerprint density at radius 3 is 2.50 bits per heavy atom. The lowest BCUT2D eigenvalue weighted by Gasteiger charge is -2.14. The minimum Gasteiger partial charge on any atom is -0.384 e. The van der Waals surface area contributed by atoms with Gasteiger partial charge in [0.15, 0.2) is 0 Å². The van der Waals surface area contributed by atoms with Crippen LogP contribution in [0.5, 0.6) is 0 Å². The van der Waals surface area contributed by atoms with Gasteiger partial charge in [-0.05, 0) is 11.6 Å². The van der Waals surface area contributed by atoms with Gasteiger partial charge in [0.25, 0.3) is 0 Å². The fraction of sp³-hybridized carbons (Fsp3) is 0.357. The van der Waals surface area contributed by atoms with Crippen molar-refractivity contribution < 1.29 is 0 Å². The standard InChI is InChI=1S/C14H18ClN3/c1-14(2,3)12-8-13(16)18(17-12)9-10-6-4-5-7-11(10)15/h4-8H,9,16H2,1-3H3. The summed E-state index contributed by atoms with van der Waals surface area (Å²) < 4.78 is 1.79. The number of hydrogen-bond acceptors (Lipinski definition) is 2. The van der Waals surface area contributed by atoms with Gasteiger partial charge in [-0.15, -0.1) is 0 Å². The van der Waals surface area contributed by atoms with Crippen LogP contribution >= 0.6 is 11.6 Å². The monoisotopic (exact) mass is 263 g/mol. The van der Waals surface area contributed by atoms with Crippen LogP contribution in [0.15, 0.2) is 30.3 Å². The van der Waals surface area contributed by atoms with Crippen LogP contribution in [-0.2, 0) is 12.0 Å². The quantitative estimate of drug-likeness (QED) is 0.902. The van der Waals surface area contributed by atoms with Gasteiger partial charge in [-0.1, -0.05) is 50.6 Å². The number of aromatic nitrogens is 2. The molecule has 0 atom stereocenters. The summed E-state index contributed by atoms with van der Waals surface area (Å²) in [6.45, 7) is 6.96. The Balaban J connectivity index is 2.31. The average molecular weight is 264 g/mol. The molecule has 1 heterocycles. The molecule has 0 bridgehead atoms. The summed E-state index contributed by atoms with van der Waals surface area (Å²) in [5.41, 5.74) is 8.01. The minimum atomic E-state index is -0.000146. The van der Waals surface area contributed by atoms with Crippen LogP contribution in [0.2, 0.25) is 5.02 Å². The Morgan fingerprint density at radius 2 is 1.94 bits per heavy atom. The lowest BCUT2D eigenvalue weighted by atomic mass is 9.92. The van der Waals surface area contributed by atoms with E-state index >= 15 is 0 Å². The van der Waals surface area contributed by atoms with Gasteiger partial charge in [-0.3, -0.25) is 0 Å². The summed E-state index contributed by atoms with van der Waals surface area (Å²) in [6, 6.07) is 9.67. The first kappa shape index (κ1) is 13.0. The fourth-order valence-electron chi connectivity index (χ4n) is 1.71. The molecule has 1 aromatic heterocycles. The van der Waals surface area contributed by atoms with E-state index in [4.69, 9.17) is 17.3 Å². The Labute approximate surface area is 113 Å². The average Bonchev–Trinajstić information content (AvgIpc) is 2.63. The van der Waals surface area contributed by atoms with Crippen LogP contribution in [0.1, 0.15) is 32.0 Å². The summed E-state index contributed by atoms with van der Waals surface area (Å²) in [5.74, 6) is 0.667. The summed E-state index contributed by atoms with van der Waals surface area (Å²) in [4.78, 5) is 0. The SMILES string of the molecule is CC(C)(C)c1cc(N)n(Cc2ccccc2Cl)n1. The number of anilines is 1. The second kappa shape index (κ2) is 4.65. The molecule has 18 heavy (non-hydrogen) atoms. The third-order valence-corrected chi connectivity index (χ3v) is 3.23. The van der Waals surface area contributed by atoms with Crippen molar-refractivity contribution in [3.63, 3.8) is 0 Å². The third-order valence-electron chi connectivity index (χ3n) is 2.86. The number of nitrogens with zero attached hydrogens (tertiary/aromatic N) is 2. The second-order valence-corrected chi connectivity index (χ2v) is 5.86. The maximum absolute atomic E-state index is 6.14. The highest BCUT2D eigenvalue weighted by molar-refractivity contribution is 6.31. The number of rotatable bonds is 2. The lowest BCUT2D eigenvalue weighted by Crippen LogP contribution is -2.13. The van der Waals surface area contributed by atoms with Crippen molar-refractivity contribution >= 4 is 17.4 Å². The van der Waals surface area contributed by atoms with Crippen LogP contribution in [-0.4, -0.2) is 9.78 Å². The number of hydrogen-bond donors (Lipinski definition) is 1. The molecule has 0 saturated heterocycles. The van der Waals surface area contributed by atoms with Crippen LogP contribution < -0.4 is 5.73 Å². The molecular weight excluding hydrogens is 246 g/mol. The molecule has 2 N–H and O–H groups in total. The van der Waals surface area contributed by atoms with E-state index in [1.54, 1.807) is 4.68 Å². The van der Waals surface area contributed by atoms with Gasteiger partial charge in [0.1, 0.15) is 5.82 Å². The van der Waals surface area contributed by atoms with Gasteiger partial charge in [0.2, 0.25) is 0 Å². The smallest absolute Gasteiger partial charge is 0.122 e. The van der Waals surface area contributed by atoms with Gasteiger partial charge in [-0.2, -0.15) is 5.10 Å². The minimum absolute atomic E-state index is 0.000146. The Kier molecular flexibility index (Phi) is 3.35. The van der Waals surface area contributed by atoms with Gasteiger partial charge in [0, 0.05) is 16.5 Å². The largest absolute Gasteiger partial charge is 0.384 e. The van der Waals surface area contributed by atoms with Gasteiger partial charge >= 0.3 is 0 Å². The summed E-state index contributed by atoms with van der Waals surface area (Å²) in [6.07, 6.45) is 0. The van der Waals surface area contributed by atoms with E-state index in [2.05, 4.69) is 25.9 Å². The number of halogens is 1. The fourth-order valence-corrected chi connectivity index (χ4v) is 1.91. The van der Waals surface area contributed by atoms with Crippen molar-refractivity contribution in [1.82, 2.24) is 9.78 Å². The zero-order chi connectivity index (χ0) is 13.3. The Bertz CT molecular complexity index is 552. The lowest BCUT2D eigenvalue weighted by molar-refractivity contribution is 0.546. The molecule has 0 unspecified atom stereocenters. The zero-order valence-corrected chi connectivity index (χ0v) is 11.7. The van der Waals surface area contributed by atoms with Crippen LogP contribution in [0.3, 0.4) is 0 Å². The predicted molar refractivity (Wildman–Crippen MR) is 75.9 cm³/mol. The molecule has 0 aliphatic heterocycles. The molecule has 0 saturated carbocycles. The number of nitrogen functional groups attached to an aromatic ring is 1. The Morgan fingerprint density at radius 1 is 1.28 bits per heavy atom. The predicted octanol–water partition coefficient (Wildman–Crippen LogP) is 3.46. The molecule has 0 radical (unpaired) electrons. The topological polar surface area (TPSA) is 43.8 Å². The maximum atomic E-state index is 6.14. The van der Waals surface area contributed by atoms with Gasteiger partial charge < -0.3 is 5.73 Å². The van der Waals surface area contributed by atoms with Crippen molar-refractivity contribution in [2.75, 3.05) is 5.73 Å². The maximum Gasteiger partial charge on any atom is 0.122 e. The molecule has 0 fully saturated rings. The highest BCUT2D eigenvalue weighted by Gasteiger charge is 2.19. The molecule has 1 aromatic carbocycles. The summed E-state index contributed by atoms with van der Waals surface area (Å²) >= 11 is 6.14. The first-order chi connectivity index (χ1) is 8.38. The van der Waals surface area contributed by atoms with Crippen LogP contribution in [0.4, 0.5) is 5.82 Å². The molecular formula is C14H18ClN3. The summed E-state index contributed by atoms with van der Waals surface area (Å²) in [7, 11) is 0. The molecule has 0 aliphatic rings. The molecule has 3 nitrogen and oxygen atoms in total. The van der Waals surface area contributed by atoms with Crippen LogP contribution in [0, 0.1) is 0 Å². The van der Waals surface area contributed by atoms with E-state index in [-0.39, 0.29) is 5.41 Å². The third kappa shape index (κ3) is 2.67. The van der Waals surface area contributed by atoms with Crippen molar-refractivity contribution in [2.45, 2.75) is 32.7 Å². The van der Waals surface area contributed by atoms with E-state index < -0.39 is 0 Å². The molecule has 96 valence electrons. The van der Waals surface area contributed by atoms with Gasteiger partial charge in [-0.25, -0.2) is 4.68 Å². The van der Waals surface area contributed by atoms with Crippen molar-refractivity contribution in [3.05, 3.63) is 46.6 Å². The van der Waals surface area contributed by atoms with Crippen molar-refractivity contribution in [1.29, 1.82) is 0 Å². The van der Waals surface area contributed by atoms with E-state index in [9.17, 15) is 0 Å². The number of nitrogens with two attached hydrogens (primary N) is 1. The first-order valence-corrected chi connectivity index (χ1v) is 6.33. The first-order valence-electron chi connectivity index (χ1n) is 5.95. The van der Waals surface area contributed by atoms with E-state index in [0.29, 0.717) is 12.4 Å². The molecule has 0 amide bonds. The number of benzene rings is 1. The van der Waals surface area contributed by atoms with E-state index in [1.807, 2.05) is 30.3 Å². The Hall–Kier alpha value is -1.48. The van der Waals surface area contributed by atoms with Crippen molar-refractivity contribution in [3.8, 4) is 0 Å². The molecule has 2 aromatic rings. The molecule has 0 aliphatic carbocycles. The molecule has 4 heteroatoms. The second-order valence-electron chi connectivity index (χ2n) is 5.45. The van der Waals surface area contributed by atoms with E-state index in [0.717, 1.165) is 16.3 Å². The molecule has 0 spiro atoms. The van der Waals surface area contributed by atoms with Crippen molar-refractivity contribution in [2.24, 2.45) is 0 Å². The normalized spacial score (nSPS) is 11.8. The highest BCUT2D eigenvalue weighted by atomic mass is 35.5. The van der Waals surface area contributed by atoms with E-state index in [1.165, 1.54) is 0 Å². The molecule has 2 rings (SSSR count). The summed E-state index contributed by atoms with van der Waals surface area (Å²) in [5, 5.41) is 5.29. The highest BCUT2D eigenvalue weighted by Crippen LogP contribution is 2.24. The van der Waals surface area contributed by atoms with Crippen LogP contribution in [0.25, 0.3) is 0 Å².